The first kappa shape index (κ1) is 12.9. The molecular weight excluding hydrogens is 266 g/mol. The highest BCUT2D eigenvalue weighted by molar-refractivity contribution is 5.87. The van der Waals surface area contributed by atoms with Gasteiger partial charge >= 0.3 is 5.69 Å². The van der Waals surface area contributed by atoms with E-state index >= 15 is 0 Å². The summed E-state index contributed by atoms with van der Waals surface area (Å²) in [6, 6.07) is 5.63. The second kappa shape index (κ2) is 5.09. The lowest BCUT2D eigenvalue weighted by Crippen LogP contribution is -1.99. The Balaban J connectivity index is 2.11. The minimum Gasteiger partial charge on any atom is -0.306 e. The molecule has 2 heterocycles. The number of hydrogen-bond acceptors (Lipinski definition) is 3. The minimum absolute atomic E-state index is 0.225. The zero-order valence-corrected chi connectivity index (χ0v) is 11.2. The zero-order valence-electron chi connectivity index (χ0n) is 11.2. The second-order valence-corrected chi connectivity index (χ2v) is 4.39. The predicted octanol–water partition coefficient (Wildman–Crippen LogP) is 2.27. The highest BCUT2D eigenvalue weighted by Gasteiger charge is 2.04. The van der Waals surface area contributed by atoms with Crippen LogP contribution in [0, 0.1) is 0 Å². The van der Waals surface area contributed by atoms with Crippen molar-refractivity contribution in [2.45, 2.75) is 0 Å². The molecule has 3 rings (SSSR count). The van der Waals surface area contributed by atoms with E-state index in [1.807, 2.05) is 24.4 Å². The Hall–Kier alpha value is -3.15. The molecule has 0 radical (unpaired) electrons. The van der Waals surface area contributed by atoms with E-state index < -0.39 is 0 Å². The largest absolute Gasteiger partial charge is 0.323 e. The van der Waals surface area contributed by atoms with E-state index in [1.165, 1.54) is 6.33 Å². The van der Waals surface area contributed by atoms with Crippen LogP contribution in [0.5, 0.6) is 0 Å². The Morgan fingerprint density at radius 1 is 1.24 bits per heavy atom. The van der Waals surface area contributed by atoms with Gasteiger partial charge in [-0.1, -0.05) is 25.3 Å². The average Bonchev–Trinajstić information content (AvgIpc) is 3.08. The third-order valence-electron chi connectivity index (χ3n) is 3.11. The summed E-state index contributed by atoms with van der Waals surface area (Å²) in [6.45, 7) is 7.51. The molecule has 0 fully saturated rings. The molecule has 0 saturated carbocycles. The van der Waals surface area contributed by atoms with E-state index in [9.17, 15) is 4.79 Å². The number of imidazole rings is 1. The van der Waals surface area contributed by atoms with Gasteiger partial charge < -0.3 is 9.97 Å². The summed E-state index contributed by atoms with van der Waals surface area (Å²) in [5, 5.41) is 4.11. The van der Waals surface area contributed by atoms with Gasteiger partial charge in [0, 0.05) is 6.20 Å². The first-order chi connectivity index (χ1) is 10.2. The Kier molecular flexibility index (Phi) is 3.12. The van der Waals surface area contributed by atoms with Crippen LogP contribution in [0.25, 0.3) is 28.9 Å². The van der Waals surface area contributed by atoms with Crippen molar-refractivity contribution < 1.29 is 0 Å². The van der Waals surface area contributed by atoms with Crippen LogP contribution in [0.3, 0.4) is 0 Å². The van der Waals surface area contributed by atoms with Crippen LogP contribution in [-0.2, 0) is 0 Å². The molecule has 0 saturated heterocycles. The molecule has 1 aromatic carbocycles. The number of H-pyrrole nitrogens is 2. The summed E-state index contributed by atoms with van der Waals surface area (Å²) in [7, 11) is 0. The molecule has 0 aliphatic rings. The van der Waals surface area contributed by atoms with Gasteiger partial charge in [0.05, 0.1) is 11.0 Å². The molecule has 2 N–H and O–H groups in total. The third kappa shape index (κ3) is 2.34. The standard InChI is InChI=1S/C15H13N5O/c1-3-10(8-20-14(4-2)16-9-17-20)11-5-6-12-13(7-11)19-15(21)18-12/h3-9H,1-2H2,(H2,18,19,21)/b10-8+. The monoisotopic (exact) mass is 279 g/mol. The number of rotatable bonds is 4. The highest BCUT2D eigenvalue weighted by Crippen LogP contribution is 2.20. The van der Waals surface area contributed by atoms with Gasteiger partial charge in [-0.2, -0.15) is 5.10 Å². The SMILES string of the molecule is C=C/C(=C\n1ncnc1C=C)c1ccc2[nH]c(=O)[nH]c2c1. The quantitative estimate of drug-likeness (QED) is 0.719. The number of allylic oxidation sites excluding steroid dienone is 2. The van der Waals surface area contributed by atoms with E-state index in [0.29, 0.717) is 5.82 Å². The van der Waals surface area contributed by atoms with Crippen molar-refractivity contribution in [1.29, 1.82) is 0 Å². The Morgan fingerprint density at radius 3 is 2.81 bits per heavy atom. The van der Waals surface area contributed by atoms with Crippen LogP contribution in [0.2, 0.25) is 0 Å². The summed E-state index contributed by atoms with van der Waals surface area (Å²) in [4.78, 5) is 20.8. The van der Waals surface area contributed by atoms with Crippen LogP contribution in [0.1, 0.15) is 11.4 Å². The fraction of sp³-hybridized carbons (Fsp3) is 0. The summed E-state index contributed by atoms with van der Waals surface area (Å²) in [6.07, 6.45) is 6.61. The summed E-state index contributed by atoms with van der Waals surface area (Å²) in [5.41, 5.74) is 3.05. The molecule has 0 aliphatic heterocycles. The summed E-state index contributed by atoms with van der Waals surface area (Å²) < 4.78 is 1.62. The lowest BCUT2D eigenvalue weighted by Gasteiger charge is -2.04. The Morgan fingerprint density at radius 2 is 2.05 bits per heavy atom. The number of aromatic nitrogens is 5. The van der Waals surface area contributed by atoms with Crippen molar-refractivity contribution in [3.05, 3.63) is 65.6 Å². The number of benzene rings is 1. The maximum atomic E-state index is 11.3. The van der Waals surface area contributed by atoms with Crippen molar-refractivity contribution in [3.8, 4) is 0 Å². The average molecular weight is 279 g/mol. The molecule has 6 heteroatoms. The van der Waals surface area contributed by atoms with Gasteiger partial charge in [-0.15, -0.1) is 0 Å². The van der Waals surface area contributed by atoms with Gasteiger partial charge in [-0.25, -0.2) is 14.5 Å². The van der Waals surface area contributed by atoms with E-state index in [-0.39, 0.29) is 5.69 Å². The Labute approximate surface area is 120 Å². The molecule has 0 aliphatic carbocycles. The minimum atomic E-state index is -0.225. The van der Waals surface area contributed by atoms with E-state index in [0.717, 1.165) is 22.2 Å². The van der Waals surface area contributed by atoms with Crippen LogP contribution in [0.4, 0.5) is 0 Å². The van der Waals surface area contributed by atoms with Crippen LogP contribution < -0.4 is 5.69 Å². The van der Waals surface area contributed by atoms with Gasteiger partial charge in [0.1, 0.15) is 6.33 Å². The molecule has 0 bridgehead atoms. The van der Waals surface area contributed by atoms with Gasteiger partial charge in [0.25, 0.3) is 0 Å². The maximum Gasteiger partial charge on any atom is 0.323 e. The normalized spacial score (nSPS) is 11.7. The fourth-order valence-corrected chi connectivity index (χ4v) is 2.09. The van der Waals surface area contributed by atoms with Crippen molar-refractivity contribution in [2.24, 2.45) is 0 Å². The van der Waals surface area contributed by atoms with E-state index in [4.69, 9.17) is 0 Å². The van der Waals surface area contributed by atoms with Crippen LogP contribution >= 0.6 is 0 Å². The number of fused-ring (bicyclic) bond motifs is 1. The summed E-state index contributed by atoms with van der Waals surface area (Å²) >= 11 is 0. The number of nitrogens with one attached hydrogen (secondary N) is 2. The molecule has 0 spiro atoms. The van der Waals surface area contributed by atoms with Gasteiger partial charge in [-0.3, -0.25) is 0 Å². The van der Waals surface area contributed by atoms with E-state index in [2.05, 4.69) is 33.2 Å². The first-order valence-electron chi connectivity index (χ1n) is 6.30. The molecule has 3 aromatic rings. The molecule has 104 valence electrons. The number of hydrogen-bond donors (Lipinski definition) is 2. The van der Waals surface area contributed by atoms with Crippen molar-refractivity contribution in [3.63, 3.8) is 0 Å². The van der Waals surface area contributed by atoms with Gasteiger partial charge in [0.2, 0.25) is 0 Å². The van der Waals surface area contributed by atoms with Gasteiger partial charge in [0.15, 0.2) is 5.82 Å². The molecule has 0 unspecified atom stereocenters. The smallest absolute Gasteiger partial charge is 0.306 e. The molecule has 2 aromatic heterocycles. The molecule has 6 nitrogen and oxygen atoms in total. The van der Waals surface area contributed by atoms with Crippen LogP contribution in [0.15, 0.2) is 48.6 Å². The highest BCUT2D eigenvalue weighted by atomic mass is 16.1. The first-order valence-corrected chi connectivity index (χ1v) is 6.30. The lowest BCUT2D eigenvalue weighted by molar-refractivity contribution is 0.924. The maximum absolute atomic E-state index is 11.3. The van der Waals surface area contributed by atoms with Crippen molar-refractivity contribution in [1.82, 2.24) is 24.7 Å². The molecule has 21 heavy (non-hydrogen) atoms. The molecular formula is C15H13N5O. The second-order valence-electron chi connectivity index (χ2n) is 4.39. The van der Waals surface area contributed by atoms with Gasteiger partial charge in [-0.05, 0) is 29.3 Å². The lowest BCUT2D eigenvalue weighted by atomic mass is 10.1. The number of aromatic amines is 2. The molecule has 0 atom stereocenters. The Bertz CT molecular complexity index is 909. The summed E-state index contributed by atoms with van der Waals surface area (Å²) in [5.74, 6) is 0.644. The predicted molar refractivity (Wildman–Crippen MR) is 83.4 cm³/mol. The third-order valence-corrected chi connectivity index (χ3v) is 3.11. The number of nitrogens with zero attached hydrogens (tertiary/aromatic N) is 3. The topological polar surface area (TPSA) is 79.4 Å². The van der Waals surface area contributed by atoms with Crippen LogP contribution in [-0.4, -0.2) is 24.7 Å². The van der Waals surface area contributed by atoms with Crippen molar-refractivity contribution in [2.75, 3.05) is 0 Å². The van der Waals surface area contributed by atoms with E-state index in [1.54, 1.807) is 16.8 Å². The fourth-order valence-electron chi connectivity index (χ4n) is 2.09. The van der Waals surface area contributed by atoms with Crippen molar-refractivity contribution >= 4 is 28.9 Å². The molecule has 0 amide bonds. The zero-order chi connectivity index (χ0) is 14.8.